The maximum Gasteiger partial charge on any atom is 0.314 e. The molecule has 0 bridgehead atoms. The summed E-state index contributed by atoms with van der Waals surface area (Å²) in [5.74, 6) is -0.129. The molecule has 5 nitrogen and oxygen atoms in total. The van der Waals surface area contributed by atoms with Gasteiger partial charge >= 0.3 is 5.97 Å². The van der Waals surface area contributed by atoms with Crippen LogP contribution in [-0.4, -0.2) is 17.1 Å². The molecular formula is C16H14BrNO4S. The second kappa shape index (κ2) is 6.88. The van der Waals surface area contributed by atoms with E-state index in [4.69, 9.17) is 4.74 Å². The maximum absolute atomic E-state index is 12.1. The lowest BCUT2D eigenvalue weighted by Gasteiger charge is -2.11. The Morgan fingerprint density at radius 1 is 1.30 bits per heavy atom. The summed E-state index contributed by atoms with van der Waals surface area (Å²) in [6, 6.07) is 5.18. The highest BCUT2D eigenvalue weighted by Gasteiger charge is 2.26. The van der Waals surface area contributed by atoms with Gasteiger partial charge in [0.25, 0.3) is 11.1 Å². The topological polar surface area (TPSA) is 72.5 Å². The quantitative estimate of drug-likeness (QED) is 0.477. The molecule has 7 heteroatoms. The maximum atomic E-state index is 12.1. The fourth-order valence-corrected chi connectivity index (χ4v) is 3.77. The average Bonchev–Trinajstić information content (AvgIpc) is 3.12. The van der Waals surface area contributed by atoms with Crippen molar-refractivity contribution in [3.63, 3.8) is 0 Å². The number of nitrogens with one attached hydrogen (secondary N) is 1. The van der Waals surface area contributed by atoms with E-state index >= 15 is 0 Å². The summed E-state index contributed by atoms with van der Waals surface area (Å²) in [5.41, 5.74) is 0.741. The van der Waals surface area contributed by atoms with Crippen LogP contribution in [0.5, 0.6) is 5.75 Å². The van der Waals surface area contributed by atoms with Crippen molar-refractivity contribution in [3.8, 4) is 5.75 Å². The number of hydrogen-bond donors (Lipinski definition) is 1. The number of rotatable bonds is 3. The molecule has 0 radical (unpaired) electrons. The number of benzene rings is 1. The predicted molar refractivity (Wildman–Crippen MR) is 90.8 cm³/mol. The van der Waals surface area contributed by atoms with Gasteiger partial charge in [0.05, 0.1) is 15.3 Å². The van der Waals surface area contributed by atoms with E-state index in [9.17, 15) is 14.4 Å². The molecule has 0 aromatic heterocycles. The van der Waals surface area contributed by atoms with Gasteiger partial charge in [-0.15, -0.1) is 0 Å². The molecule has 1 aliphatic carbocycles. The number of halogens is 1. The van der Waals surface area contributed by atoms with Crippen molar-refractivity contribution in [1.82, 2.24) is 5.32 Å². The molecule has 120 valence electrons. The van der Waals surface area contributed by atoms with Crippen molar-refractivity contribution in [2.45, 2.75) is 25.7 Å². The summed E-state index contributed by atoms with van der Waals surface area (Å²) >= 11 is 4.25. The number of ether oxygens (including phenoxy) is 1. The van der Waals surface area contributed by atoms with Crippen LogP contribution in [0, 0.1) is 5.92 Å². The van der Waals surface area contributed by atoms with Crippen LogP contribution in [0.1, 0.15) is 31.2 Å². The first kappa shape index (κ1) is 16.3. The number of carbonyl (C=O) groups is 3. The van der Waals surface area contributed by atoms with E-state index < -0.39 is 5.91 Å². The minimum absolute atomic E-state index is 0.00621. The van der Waals surface area contributed by atoms with Gasteiger partial charge in [-0.25, -0.2) is 0 Å². The van der Waals surface area contributed by atoms with E-state index in [1.54, 1.807) is 24.3 Å². The minimum Gasteiger partial charge on any atom is -0.425 e. The summed E-state index contributed by atoms with van der Waals surface area (Å²) in [4.78, 5) is 35.1. The van der Waals surface area contributed by atoms with E-state index in [0.29, 0.717) is 15.1 Å². The van der Waals surface area contributed by atoms with Crippen molar-refractivity contribution in [1.29, 1.82) is 0 Å². The fraction of sp³-hybridized carbons (Fsp3) is 0.312. The van der Waals surface area contributed by atoms with Crippen LogP contribution in [-0.2, 0) is 9.59 Å². The molecule has 3 rings (SSSR count). The monoisotopic (exact) mass is 395 g/mol. The zero-order valence-electron chi connectivity index (χ0n) is 12.1. The number of hydrogen-bond acceptors (Lipinski definition) is 5. The molecule has 1 aromatic rings. The lowest BCUT2D eigenvalue weighted by atomic mass is 10.1. The molecule has 2 fully saturated rings. The average molecular weight is 396 g/mol. The van der Waals surface area contributed by atoms with E-state index in [1.807, 2.05) is 0 Å². The number of carbonyl (C=O) groups excluding carboxylic acids is 3. The number of esters is 1. The highest BCUT2D eigenvalue weighted by molar-refractivity contribution is 9.10. The van der Waals surface area contributed by atoms with Crippen LogP contribution < -0.4 is 10.1 Å². The predicted octanol–water partition coefficient (Wildman–Crippen LogP) is 3.87. The Bertz CT molecular complexity index is 710. The van der Waals surface area contributed by atoms with Crippen LogP contribution in [0.2, 0.25) is 0 Å². The van der Waals surface area contributed by atoms with Crippen LogP contribution in [0.15, 0.2) is 27.6 Å². The van der Waals surface area contributed by atoms with Gasteiger partial charge in [-0.2, -0.15) is 0 Å². The summed E-state index contributed by atoms with van der Waals surface area (Å²) in [5, 5.41) is 1.83. The van der Waals surface area contributed by atoms with Gasteiger partial charge < -0.3 is 4.74 Å². The van der Waals surface area contributed by atoms with Gasteiger partial charge in [0.15, 0.2) is 0 Å². The van der Waals surface area contributed by atoms with Crippen LogP contribution >= 0.6 is 27.7 Å². The third-order valence-electron chi connectivity index (χ3n) is 3.79. The van der Waals surface area contributed by atoms with Crippen molar-refractivity contribution in [3.05, 3.63) is 33.1 Å². The zero-order valence-corrected chi connectivity index (χ0v) is 14.5. The Balaban J connectivity index is 1.73. The third kappa shape index (κ3) is 3.84. The van der Waals surface area contributed by atoms with Gasteiger partial charge in [-0.05, 0) is 64.3 Å². The normalized spacial score (nSPS) is 20.1. The van der Waals surface area contributed by atoms with E-state index in [1.165, 1.54) is 0 Å². The van der Waals surface area contributed by atoms with Crippen LogP contribution in [0.4, 0.5) is 4.79 Å². The Labute approximate surface area is 146 Å². The summed E-state index contributed by atoms with van der Waals surface area (Å²) < 4.78 is 6.08. The first-order valence-corrected chi connectivity index (χ1v) is 8.90. The summed E-state index contributed by atoms with van der Waals surface area (Å²) in [7, 11) is 0. The molecule has 2 amide bonds. The standard InChI is InChI=1S/C16H14BrNO4S/c17-11-7-9(8-13-14(19)18-16(21)23-13)5-6-12(11)22-15(20)10-3-1-2-4-10/h5-8,10H,1-4H2,(H,18,19,21)/b13-8-. The van der Waals surface area contributed by atoms with Gasteiger partial charge in [0.1, 0.15) is 5.75 Å². The molecule has 1 heterocycles. The third-order valence-corrected chi connectivity index (χ3v) is 5.23. The second-order valence-corrected chi connectivity index (χ2v) is 7.31. The first-order valence-electron chi connectivity index (χ1n) is 7.29. The molecule has 23 heavy (non-hydrogen) atoms. The smallest absolute Gasteiger partial charge is 0.314 e. The first-order chi connectivity index (χ1) is 11.0. The molecule has 0 atom stereocenters. The largest absolute Gasteiger partial charge is 0.425 e. The molecule has 0 spiro atoms. The zero-order chi connectivity index (χ0) is 16.4. The molecule has 1 saturated carbocycles. The van der Waals surface area contributed by atoms with Crippen molar-refractivity contribution in [2.75, 3.05) is 0 Å². The Morgan fingerprint density at radius 2 is 2.04 bits per heavy atom. The molecule has 1 aromatic carbocycles. The van der Waals surface area contributed by atoms with E-state index in [-0.39, 0.29) is 17.1 Å². The van der Waals surface area contributed by atoms with Gasteiger partial charge in [-0.3, -0.25) is 19.7 Å². The molecular weight excluding hydrogens is 382 g/mol. The highest BCUT2D eigenvalue weighted by Crippen LogP contribution is 2.32. The number of imide groups is 1. The number of thioether (sulfide) groups is 1. The molecule has 1 aliphatic heterocycles. The van der Waals surface area contributed by atoms with Gasteiger partial charge in [0.2, 0.25) is 0 Å². The van der Waals surface area contributed by atoms with Crippen molar-refractivity contribution >= 4 is 50.9 Å². The second-order valence-electron chi connectivity index (χ2n) is 5.44. The van der Waals surface area contributed by atoms with Crippen LogP contribution in [0.25, 0.3) is 6.08 Å². The van der Waals surface area contributed by atoms with E-state index in [0.717, 1.165) is 43.0 Å². The minimum atomic E-state index is -0.395. The SMILES string of the molecule is O=C1NC(=O)/C(=C/c2ccc(OC(=O)C3CCCC3)c(Br)c2)S1. The summed E-state index contributed by atoms with van der Waals surface area (Å²) in [6.45, 7) is 0. The lowest BCUT2D eigenvalue weighted by Crippen LogP contribution is -2.18. The fourth-order valence-electron chi connectivity index (χ4n) is 2.62. The van der Waals surface area contributed by atoms with E-state index in [2.05, 4.69) is 21.2 Å². The lowest BCUT2D eigenvalue weighted by molar-refractivity contribution is -0.138. The van der Waals surface area contributed by atoms with Gasteiger partial charge in [-0.1, -0.05) is 18.9 Å². The Hall–Kier alpha value is -1.60. The van der Waals surface area contributed by atoms with Crippen LogP contribution in [0.3, 0.4) is 0 Å². The van der Waals surface area contributed by atoms with Crippen molar-refractivity contribution in [2.24, 2.45) is 5.92 Å². The molecule has 1 saturated heterocycles. The molecule has 1 N–H and O–H groups in total. The highest BCUT2D eigenvalue weighted by atomic mass is 79.9. The Morgan fingerprint density at radius 3 is 2.65 bits per heavy atom. The van der Waals surface area contributed by atoms with Crippen molar-refractivity contribution < 1.29 is 19.1 Å². The summed E-state index contributed by atoms with van der Waals surface area (Å²) in [6.07, 6.45) is 5.55. The Kier molecular flexibility index (Phi) is 4.87. The number of amides is 2. The molecule has 0 unspecified atom stereocenters. The van der Waals surface area contributed by atoms with Gasteiger partial charge in [0, 0.05) is 0 Å². The molecule has 2 aliphatic rings.